The first-order valence-electron chi connectivity index (χ1n) is 6.25. The molecule has 1 aromatic heterocycles. The Bertz CT molecular complexity index is 558. The van der Waals surface area contributed by atoms with Gasteiger partial charge in [0.05, 0.1) is 0 Å². The molecule has 0 aliphatic heterocycles. The fraction of sp³-hybridized carbons (Fsp3) is 0.583. The zero-order valence-electron chi connectivity index (χ0n) is 10.6. The molecular weight excluding hydrogens is 286 g/mol. The summed E-state index contributed by atoms with van der Waals surface area (Å²) in [5.41, 5.74) is 0. The van der Waals surface area contributed by atoms with Gasteiger partial charge < -0.3 is 5.11 Å². The van der Waals surface area contributed by atoms with Gasteiger partial charge in [-0.2, -0.15) is 0 Å². The summed E-state index contributed by atoms with van der Waals surface area (Å²) >= 11 is 0.782. The Hall–Kier alpha value is -0.920. The number of carbonyl (C=O) groups is 1. The van der Waals surface area contributed by atoms with Crippen LogP contribution >= 0.6 is 11.3 Å². The molecule has 7 heteroatoms. The van der Waals surface area contributed by atoms with Crippen molar-refractivity contribution in [3.05, 3.63) is 17.0 Å². The van der Waals surface area contributed by atoms with E-state index in [4.69, 9.17) is 5.11 Å². The number of aromatic carboxylic acids is 1. The van der Waals surface area contributed by atoms with Gasteiger partial charge >= 0.3 is 5.97 Å². The Kier molecular flexibility index (Phi) is 4.27. The smallest absolute Gasteiger partial charge is 0.345 e. The topological polar surface area (TPSA) is 83.5 Å². The molecule has 5 nitrogen and oxygen atoms in total. The zero-order chi connectivity index (χ0) is 14.0. The van der Waals surface area contributed by atoms with Gasteiger partial charge in [0.25, 0.3) is 0 Å². The molecule has 0 amide bonds. The number of hydrogen-bond donors (Lipinski definition) is 2. The molecule has 2 rings (SSSR count). The van der Waals surface area contributed by atoms with E-state index in [1.165, 1.54) is 12.1 Å². The lowest BCUT2D eigenvalue weighted by Crippen LogP contribution is -2.36. The Balaban J connectivity index is 2.10. The van der Waals surface area contributed by atoms with Gasteiger partial charge in [-0.3, -0.25) is 0 Å². The second-order valence-corrected chi connectivity index (χ2v) is 7.90. The first-order chi connectivity index (χ1) is 8.90. The van der Waals surface area contributed by atoms with Gasteiger partial charge in [0.15, 0.2) is 0 Å². The molecule has 1 atom stereocenters. The molecule has 0 unspecified atom stereocenters. The van der Waals surface area contributed by atoms with Crippen LogP contribution in [0.25, 0.3) is 0 Å². The van der Waals surface area contributed by atoms with Crippen LogP contribution in [0.5, 0.6) is 0 Å². The van der Waals surface area contributed by atoms with Crippen molar-refractivity contribution in [3.8, 4) is 0 Å². The molecule has 0 spiro atoms. The molecule has 1 fully saturated rings. The SMILES string of the molecule is C[C@H](NS(=O)(=O)c1ccc(C(=O)O)s1)C1CCCC1. The summed E-state index contributed by atoms with van der Waals surface area (Å²) in [7, 11) is -3.60. The molecule has 2 N–H and O–H groups in total. The van der Waals surface area contributed by atoms with Crippen molar-refractivity contribution in [1.82, 2.24) is 4.72 Å². The van der Waals surface area contributed by atoms with Crippen molar-refractivity contribution in [2.45, 2.75) is 42.9 Å². The second-order valence-electron chi connectivity index (χ2n) is 4.88. The van der Waals surface area contributed by atoms with Crippen molar-refractivity contribution >= 4 is 27.3 Å². The van der Waals surface area contributed by atoms with Gasteiger partial charge in [0.2, 0.25) is 10.0 Å². The maximum atomic E-state index is 12.1. The fourth-order valence-electron chi connectivity index (χ4n) is 2.44. The van der Waals surface area contributed by atoms with Crippen molar-refractivity contribution in [2.24, 2.45) is 5.92 Å². The number of rotatable bonds is 5. The van der Waals surface area contributed by atoms with Gasteiger partial charge in [-0.05, 0) is 37.8 Å². The molecule has 0 saturated heterocycles. The lowest BCUT2D eigenvalue weighted by atomic mass is 10.0. The molecule has 0 radical (unpaired) electrons. The lowest BCUT2D eigenvalue weighted by Gasteiger charge is -2.19. The standard InChI is InChI=1S/C12H17NO4S2/c1-8(9-4-2-3-5-9)13-19(16,17)11-7-6-10(18-11)12(14)15/h6-9,13H,2-5H2,1H3,(H,14,15)/t8-/m0/s1. The fourth-order valence-corrected chi connectivity index (χ4v) is 4.91. The largest absolute Gasteiger partial charge is 0.477 e. The van der Waals surface area contributed by atoms with Crippen LogP contribution in [0.3, 0.4) is 0 Å². The normalized spacial score (nSPS) is 18.6. The summed E-state index contributed by atoms with van der Waals surface area (Å²) < 4.78 is 27.0. The van der Waals surface area contributed by atoms with Crippen LogP contribution in [0.1, 0.15) is 42.3 Å². The van der Waals surface area contributed by atoms with Crippen LogP contribution in [-0.4, -0.2) is 25.5 Å². The van der Waals surface area contributed by atoms with Crippen molar-refractivity contribution in [1.29, 1.82) is 0 Å². The predicted octanol–water partition coefficient (Wildman–Crippen LogP) is 2.30. The minimum absolute atomic E-state index is 0.0360. The molecule has 1 aromatic rings. The average molecular weight is 303 g/mol. The van der Waals surface area contributed by atoms with Gasteiger partial charge in [-0.1, -0.05) is 12.8 Å². The number of carboxylic acids is 1. The highest BCUT2D eigenvalue weighted by molar-refractivity contribution is 7.91. The number of carboxylic acid groups (broad SMARTS) is 1. The average Bonchev–Trinajstić information content (AvgIpc) is 3.00. The van der Waals surface area contributed by atoms with Crippen molar-refractivity contribution in [2.75, 3.05) is 0 Å². The monoisotopic (exact) mass is 303 g/mol. The molecule has 1 aliphatic rings. The van der Waals surface area contributed by atoms with E-state index < -0.39 is 16.0 Å². The Morgan fingerprint density at radius 2 is 2.05 bits per heavy atom. The summed E-state index contributed by atoms with van der Waals surface area (Å²) in [6.45, 7) is 1.87. The van der Waals surface area contributed by atoms with E-state index in [2.05, 4.69) is 4.72 Å². The zero-order valence-corrected chi connectivity index (χ0v) is 12.3. The Labute approximate surface area is 116 Å². The molecule has 0 aromatic carbocycles. The van der Waals surface area contributed by atoms with Crippen LogP contribution in [0.4, 0.5) is 0 Å². The minimum atomic E-state index is -3.60. The first kappa shape index (κ1) is 14.5. The van der Waals surface area contributed by atoms with Gasteiger partial charge in [-0.15, -0.1) is 11.3 Å². The maximum Gasteiger partial charge on any atom is 0.345 e. The maximum absolute atomic E-state index is 12.1. The van der Waals surface area contributed by atoms with Crippen LogP contribution in [0.15, 0.2) is 16.3 Å². The number of nitrogens with one attached hydrogen (secondary N) is 1. The highest BCUT2D eigenvalue weighted by Gasteiger charge is 2.27. The lowest BCUT2D eigenvalue weighted by molar-refractivity contribution is 0.0702. The molecule has 19 heavy (non-hydrogen) atoms. The van der Waals surface area contributed by atoms with Crippen molar-refractivity contribution in [3.63, 3.8) is 0 Å². The summed E-state index contributed by atoms with van der Waals surface area (Å²) in [4.78, 5) is 10.8. The van der Waals surface area contributed by atoms with Crippen LogP contribution in [0.2, 0.25) is 0 Å². The Morgan fingerprint density at radius 3 is 2.58 bits per heavy atom. The van der Waals surface area contributed by atoms with Gasteiger partial charge in [-0.25, -0.2) is 17.9 Å². The minimum Gasteiger partial charge on any atom is -0.477 e. The van der Waals surface area contributed by atoms with E-state index in [0.717, 1.165) is 37.0 Å². The number of sulfonamides is 1. The predicted molar refractivity (Wildman–Crippen MR) is 73.0 cm³/mol. The molecule has 106 valence electrons. The summed E-state index contributed by atoms with van der Waals surface area (Å²) in [5.74, 6) is -0.719. The van der Waals surface area contributed by atoms with Gasteiger partial charge in [0.1, 0.15) is 9.09 Å². The van der Waals surface area contributed by atoms with Crippen LogP contribution in [0, 0.1) is 5.92 Å². The quantitative estimate of drug-likeness (QED) is 0.874. The first-order valence-corrected chi connectivity index (χ1v) is 8.55. The van der Waals surface area contributed by atoms with E-state index in [1.807, 2.05) is 6.92 Å². The third-order valence-corrected chi connectivity index (χ3v) is 6.63. The van der Waals surface area contributed by atoms with E-state index >= 15 is 0 Å². The highest BCUT2D eigenvalue weighted by atomic mass is 32.2. The summed E-state index contributed by atoms with van der Waals surface area (Å²) in [6, 6.07) is 2.56. The number of hydrogen-bond acceptors (Lipinski definition) is 4. The van der Waals surface area contributed by atoms with Gasteiger partial charge in [0, 0.05) is 6.04 Å². The molecule has 0 bridgehead atoms. The molecule has 1 aliphatic carbocycles. The number of thiophene rings is 1. The molecule has 1 heterocycles. The van der Waals surface area contributed by atoms with Crippen LogP contribution < -0.4 is 4.72 Å². The molecular formula is C12H17NO4S2. The van der Waals surface area contributed by atoms with E-state index in [9.17, 15) is 13.2 Å². The Morgan fingerprint density at radius 1 is 1.42 bits per heavy atom. The van der Waals surface area contributed by atoms with Crippen molar-refractivity contribution < 1.29 is 18.3 Å². The third kappa shape index (κ3) is 3.34. The summed E-state index contributed by atoms with van der Waals surface area (Å²) in [6.07, 6.45) is 4.40. The van der Waals surface area contributed by atoms with E-state index in [-0.39, 0.29) is 15.1 Å². The third-order valence-electron chi connectivity index (χ3n) is 3.50. The molecule has 1 saturated carbocycles. The van der Waals surface area contributed by atoms with E-state index in [0.29, 0.717) is 5.92 Å². The highest BCUT2D eigenvalue weighted by Crippen LogP contribution is 2.29. The second kappa shape index (κ2) is 5.60. The van der Waals surface area contributed by atoms with E-state index in [1.54, 1.807) is 0 Å². The summed E-state index contributed by atoms with van der Waals surface area (Å²) in [5, 5.41) is 8.81. The van der Waals surface area contributed by atoms with Crippen LogP contribution in [-0.2, 0) is 10.0 Å².